The predicted octanol–water partition coefficient (Wildman–Crippen LogP) is 1.57. The van der Waals surface area contributed by atoms with Crippen molar-refractivity contribution in [3.05, 3.63) is 30.1 Å². The van der Waals surface area contributed by atoms with E-state index in [0.717, 1.165) is 18.4 Å². The minimum atomic E-state index is -0.782. The van der Waals surface area contributed by atoms with Gasteiger partial charge in [-0.1, -0.05) is 6.07 Å². The summed E-state index contributed by atoms with van der Waals surface area (Å²) in [5, 5.41) is 9.25. The molecule has 1 aromatic rings. The Labute approximate surface area is 123 Å². The van der Waals surface area contributed by atoms with Gasteiger partial charge in [0.2, 0.25) is 0 Å². The van der Waals surface area contributed by atoms with Crippen molar-refractivity contribution in [3.8, 4) is 0 Å². The molecule has 21 heavy (non-hydrogen) atoms. The second kappa shape index (κ2) is 5.35. The molecular formula is C15H19N3O3. The van der Waals surface area contributed by atoms with E-state index >= 15 is 0 Å². The van der Waals surface area contributed by atoms with Crippen molar-refractivity contribution >= 4 is 12.0 Å². The van der Waals surface area contributed by atoms with Gasteiger partial charge in [-0.25, -0.2) is 4.79 Å². The van der Waals surface area contributed by atoms with Crippen LogP contribution >= 0.6 is 0 Å². The average Bonchev–Trinajstić information content (AvgIpc) is 3.05. The number of carboxylic acid groups (broad SMARTS) is 1. The number of carbonyl (C=O) groups excluding carboxylic acids is 1. The summed E-state index contributed by atoms with van der Waals surface area (Å²) in [6.45, 7) is 0.486. The van der Waals surface area contributed by atoms with Crippen LogP contribution in [0.15, 0.2) is 24.5 Å². The summed E-state index contributed by atoms with van der Waals surface area (Å²) in [5.41, 5.74) is 0.967. The molecule has 3 unspecified atom stereocenters. The van der Waals surface area contributed by atoms with E-state index in [1.807, 2.05) is 12.1 Å². The van der Waals surface area contributed by atoms with E-state index in [1.165, 1.54) is 0 Å². The summed E-state index contributed by atoms with van der Waals surface area (Å²) in [6, 6.07) is 3.63. The summed E-state index contributed by atoms with van der Waals surface area (Å²) in [6.07, 6.45) is 5.74. The quantitative estimate of drug-likeness (QED) is 0.916. The molecule has 0 saturated carbocycles. The van der Waals surface area contributed by atoms with Crippen LogP contribution in [0.1, 0.15) is 24.8 Å². The van der Waals surface area contributed by atoms with Crippen molar-refractivity contribution in [1.82, 2.24) is 14.8 Å². The van der Waals surface area contributed by atoms with Crippen molar-refractivity contribution < 1.29 is 14.7 Å². The molecule has 2 aliphatic heterocycles. The van der Waals surface area contributed by atoms with Gasteiger partial charge in [-0.05, 0) is 30.9 Å². The Balaban J connectivity index is 1.69. The second-order valence-electron chi connectivity index (χ2n) is 5.89. The summed E-state index contributed by atoms with van der Waals surface area (Å²) >= 11 is 0. The van der Waals surface area contributed by atoms with Crippen LogP contribution in [0.2, 0.25) is 0 Å². The number of aliphatic carboxylic acids is 1. The average molecular weight is 289 g/mol. The molecule has 1 N–H and O–H groups in total. The third-order valence-corrected chi connectivity index (χ3v) is 4.54. The first-order valence-corrected chi connectivity index (χ1v) is 7.23. The first-order chi connectivity index (χ1) is 10.1. The van der Waals surface area contributed by atoms with Gasteiger partial charge < -0.3 is 14.9 Å². The van der Waals surface area contributed by atoms with Crippen molar-refractivity contribution in [2.45, 2.75) is 37.9 Å². The highest BCUT2D eigenvalue weighted by molar-refractivity contribution is 5.79. The number of carbonyl (C=O) groups is 2. The molecule has 6 heteroatoms. The van der Waals surface area contributed by atoms with Gasteiger partial charge in [0, 0.05) is 38.1 Å². The first-order valence-electron chi connectivity index (χ1n) is 7.23. The van der Waals surface area contributed by atoms with Gasteiger partial charge in [-0.3, -0.25) is 9.78 Å². The van der Waals surface area contributed by atoms with Crippen LogP contribution in [0.3, 0.4) is 0 Å². The molecule has 0 spiro atoms. The Morgan fingerprint density at radius 1 is 1.48 bits per heavy atom. The lowest BCUT2D eigenvalue weighted by Crippen LogP contribution is -2.44. The fourth-order valence-corrected chi connectivity index (χ4v) is 3.58. The van der Waals surface area contributed by atoms with Crippen molar-refractivity contribution in [1.29, 1.82) is 0 Å². The maximum absolute atomic E-state index is 12.6. The van der Waals surface area contributed by atoms with E-state index in [1.54, 1.807) is 29.2 Å². The van der Waals surface area contributed by atoms with Crippen molar-refractivity contribution in [2.24, 2.45) is 5.92 Å². The van der Waals surface area contributed by atoms with Crippen LogP contribution in [0.25, 0.3) is 0 Å². The smallest absolute Gasteiger partial charge is 0.320 e. The summed E-state index contributed by atoms with van der Waals surface area (Å²) in [4.78, 5) is 31.4. The number of hydrogen-bond donors (Lipinski definition) is 1. The van der Waals surface area contributed by atoms with E-state index in [0.29, 0.717) is 13.0 Å². The third kappa shape index (κ3) is 2.46. The molecule has 0 aliphatic carbocycles. The van der Waals surface area contributed by atoms with Gasteiger partial charge >= 0.3 is 12.0 Å². The molecule has 6 nitrogen and oxygen atoms in total. The number of hydrogen-bond acceptors (Lipinski definition) is 3. The highest BCUT2D eigenvalue weighted by atomic mass is 16.4. The van der Waals surface area contributed by atoms with E-state index in [9.17, 15) is 14.7 Å². The van der Waals surface area contributed by atoms with Crippen molar-refractivity contribution in [2.75, 3.05) is 7.05 Å². The molecule has 2 fully saturated rings. The van der Waals surface area contributed by atoms with Gasteiger partial charge in [0.05, 0.1) is 5.92 Å². The molecule has 2 bridgehead atoms. The standard InChI is InChI=1S/C15H19N3O3/c1-17(9-10-3-2-6-16-8-10)15(21)18-11-4-5-13(18)12(7-11)14(19)20/h2-3,6,8,11-13H,4-5,7,9H2,1H3,(H,19,20). The van der Waals surface area contributed by atoms with Crippen LogP contribution in [-0.4, -0.2) is 51.0 Å². The Bertz CT molecular complexity index is 548. The van der Waals surface area contributed by atoms with Crippen LogP contribution in [0.5, 0.6) is 0 Å². The Kier molecular flexibility index (Phi) is 3.53. The number of aromatic nitrogens is 1. The Morgan fingerprint density at radius 3 is 2.90 bits per heavy atom. The lowest BCUT2D eigenvalue weighted by Gasteiger charge is -2.28. The largest absolute Gasteiger partial charge is 0.481 e. The minimum absolute atomic E-state index is 0.0740. The number of pyridine rings is 1. The molecule has 2 saturated heterocycles. The Morgan fingerprint density at radius 2 is 2.29 bits per heavy atom. The molecule has 0 radical (unpaired) electrons. The number of urea groups is 1. The van der Waals surface area contributed by atoms with Crippen LogP contribution in [0, 0.1) is 5.92 Å². The maximum Gasteiger partial charge on any atom is 0.320 e. The molecule has 3 atom stereocenters. The molecule has 0 aromatic carbocycles. The third-order valence-electron chi connectivity index (χ3n) is 4.54. The van der Waals surface area contributed by atoms with E-state index < -0.39 is 11.9 Å². The topological polar surface area (TPSA) is 73.7 Å². The zero-order chi connectivity index (χ0) is 15.0. The SMILES string of the molecule is CN(Cc1cccnc1)C(=O)N1C2CCC1C(C(=O)O)C2. The molecule has 112 valence electrons. The zero-order valence-corrected chi connectivity index (χ0v) is 12.0. The van der Waals surface area contributed by atoms with E-state index in [-0.39, 0.29) is 18.1 Å². The maximum atomic E-state index is 12.6. The lowest BCUT2D eigenvalue weighted by atomic mass is 9.89. The molecule has 2 aliphatic rings. The normalized spacial score (nSPS) is 26.9. The fourth-order valence-electron chi connectivity index (χ4n) is 3.58. The number of nitrogens with zero attached hydrogens (tertiary/aromatic N) is 3. The number of fused-ring (bicyclic) bond motifs is 2. The van der Waals surface area contributed by atoms with Gasteiger partial charge in [0.1, 0.15) is 0 Å². The second-order valence-corrected chi connectivity index (χ2v) is 5.89. The lowest BCUT2D eigenvalue weighted by molar-refractivity contribution is -0.142. The van der Waals surface area contributed by atoms with Gasteiger partial charge in [0.25, 0.3) is 0 Å². The van der Waals surface area contributed by atoms with Gasteiger partial charge in [-0.15, -0.1) is 0 Å². The molecule has 2 amide bonds. The first kappa shape index (κ1) is 13.9. The highest BCUT2D eigenvalue weighted by Gasteiger charge is 2.51. The predicted molar refractivity (Wildman–Crippen MR) is 75.5 cm³/mol. The Hall–Kier alpha value is -2.11. The van der Waals surface area contributed by atoms with Gasteiger partial charge in [0.15, 0.2) is 0 Å². The number of amides is 2. The molecule has 3 heterocycles. The molecular weight excluding hydrogens is 270 g/mol. The fraction of sp³-hybridized carbons (Fsp3) is 0.533. The van der Waals surface area contributed by atoms with E-state index in [2.05, 4.69) is 4.98 Å². The molecule has 1 aromatic heterocycles. The van der Waals surface area contributed by atoms with Crippen LogP contribution < -0.4 is 0 Å². The van der Waals surface area contributed by atoms with Gasteiger partial charge in [-0.2, -0.15) is 0 Å². The highest BCUT2D eigenvalue weighted by Crippen LogP contribution is 2.42. The van der Waals surface area contributed by atoms with Crippen LogP contribution in [0.4, 0.5) is 4.79 Å². The van der Waals surface area contributed by atoms with Crippen molar-refractivity contribution in [3.63, 3.8) is 0 Å². The minimum Gasteiger partial charge on any atom is -0.481 e. The van der Waals surface area contributed by atoms with Crippen LogP contribution in [-0.2, 0) is 11.3 Å². The zero-order valence-electron chi connectivity index (χ0n) is 12.0. The number of carboxylic acids is 1. The summed E-state index contributed by atoms with van der Waals surface area (Å²) < 4.78 is 0. The van der Waals surface area contributed by atoms with E-state index in [4.69, 9.17) is 0 Å². The monoisotopic (exact) mass is 289 g/mol. The summed E-state index contributed by atoms with van der Waals surface area (Å²) in [5.74, 6) is -1.19. The molecule has 3 rings (SSSR count). The summed E-state index contributed by atoms with van der Waals surface area (Å²) in [7, 11) is 1.75. The number of rotatable bonds is 3.